The minimum absolute atomic E-state index is 0.180. The van der Waals surface area contributed by atoms with Gasteiger partial charge in [-0.1, -0.05) is 34.8 Å². The maximum absolute atomic E-state index is 12.2. The van der Waals surface area contributed by atoms with Crippen molar-refractivity contribution < 1.29 is 13.9 Å². The molecule has 0 fully saturated rings. The van der Waals surface area contributed by atoms with Gasteiger partial charge in [0.05, 0.1) is 33.6 Å². The average molecular weight is 440 g/mol. The number of hydrogen-bond acceptors (Lipinski definition) is 4. The normalized spacial score (nSPS) is 10.7. The third kappa shape index (κ3) is 5.19. The molecule has 0 spiro atoms. The lowest BCUT2D eigenvalue weighted by Gasteiger charge is -2.08. The molecule has 0 aliphatic heterocycles. The highest BCUT2D eigenvalue weighted by Crippen LogP contribution is 2.32. The first-order chi connectivity index (χ1) is 13.5. The molecule has 3 rings (SSSR count). The summed E-state index contributed by atoms with van der Waals surface area (Å²) in [6, 6.07) is 10.5. The second-order valence-electron chi connectivity index (χ2n) is 5.87. The van der Waals surface area contributed by atoms with Gasteiger partial charge in [0.15, 0.2) is 11.7 Å². The third-order valence-corrected chi connectivity index (χ3v) is 4.89. The number of ether oxygens (including phenoxy) is 1. The van der Waals surface area contributed by atoms with Crippen LogP contribution in [0.4, 0.5) is 5.69 Å². The Labute approximate surface area is 177 Å². The van der Waals surface area contributed by atoms with Crippen LogP contribution in [0.2, 0.25) is 15.1 Å². The Morgan fingerprint density at radius 2 is 1.82 bits per heavy atom. The molecule has 1 heterocycles. The van der Waals surface area contributed by atoms with Crippen molar-refractivity contribution in [3.05, 3.63) is 63.6 Å². The Bertz CT molecular complexity index is 971. The number of carbonyl (C=O) groups is 1. The van der Waals surface area contributed by atoms with Crippen LogP contribution >= 0.6 is 34.8 Å². The molecule has 0 bridgehead atoms. The van der Waals surface area contributed by atoms with Gasteiger partial charge in [-0.25, -0.2) is 4.98 Å². The van der Waals surface area contributed by atoms with Gasteiger partial charge >= 0.3 is 0 Å². The summed E-state index contributed by atoms with van der Waals surface area (Å²) < 4.78 is 11.2. The number of oxazole rings is 1. The minimum Gasteiger partial charge on any atom is -0.494 e. The Balaban J connectivity index is 1.58. The number of aromatic nitrogens is 1. The monoisotopic (exact) mass is 438 g/mol. The summed E-state index contributed by atoms with van der Waals surface area (Å²) in [7, 11) is 0. The van der Waals surface area contributed by atoms with Gasteiger partial charge in [0.2, 0.25) is 5.91 Å². The number of rotatable bonds is 7. The van der Waals surface area contributed by atoms with E-state index in [9.17, 15) is 4.79 Å². The highest BCUT2D eigenvalue weighted by atomic mass is 35.5. The van der Waals surface area contributed by atoms with Gasteiger partial charge in [-0.15, -0.1) is 0 Å². The second kappa shape index (κ2) is 9.32. The Kier molecular flexibility index (Phi) is 6.83. The smallest absolute Gasteiger partial charge is 0.224 e. The topological polar surface area (TPSA) is 64.4 Å². The molecule has 1 amide bonds. The summed E-state index contributed by atoms with van der Waals surface area (Å²) in [5.41, 5.74) is 1.29. The van der Waals surface area contributed by atoms with Gasteiger partial charge < -0.3 is 14.5 Å². The van der Waals surface area contributed by atoms with E-state index in [0.717, 1.165) is 11.3 Å². The molecule has 146 valence electrons. The Hall–Kier alpha value is -2.21. The number of benzene rings is 2. The Morgan fingerprint density at radius 3 is 2.54 bits per heavy atom. The van der Waals surface area contributed by atoms with E-state index >= 15 is 0 Å². The highest BCUT2D eigenvalue weighted by molar-refractivity contribution is 6.44. The van der Waals surface area contributed by atoms with Crippen LogP contribution in [0.5, 0.6) is 5.75 Å². The fraction of sp³-hybridized carbons (Fsp3) is 0.200. The summed E-state index contributed by atoms with van der Waals surface area (Å²) in [6.07, 6.45) is 2.17. The molecule has 0 atom stereocenters. The van der Waals surface area contributed by atoms with Crippen molar-refractivity contribution in [2.75, 3.05) is 11.9 Å². The van der Waals surface area contributed by atoms with E-state index in [1.54, 1.807) is 6.20 Å². The third-order valence-electron chi connectivity index (χ3n) is 3.85. The number of amides is 1. The summed E-state index contributed by atoms with van der Waals surface area (Å²) in [6.45, 7) is 2.55. The zero-order valence-corrected chi connectivity index (χ0v) is 17.2. The molecule has 0 aliphatic rings. The summed E-state index contributed by atoms with van der Waals surface area (Å²) >= 11 is 17.9. The van der Waals surface area contributed by atoms with Crippen LogP contribution in [0.15, 0.2) is 47.0 Å². The molecule has 8 heteroatoms. The van der Waals surface area contributed by atoms with E-state index in [1.165, 1.54) is 12.1 Å². The van der Waals surface area contributed by atoms with Gasteiger partial charge in [-0.2, -0.15) is 0 Å². The maximum Gasteiger partial charge on any atom is 0.224 e. The quantitative estimate of drug-likeness (QED) is 0.440. The predicted molar refractivity (Wildman–Crippen MR) is 112 cm³/mol. The first-order valence-corrected chi connectivity index (χ1v) is 9.72. The SMILES string of the molecule is CCOc1ccc(-c2cnc(CCC(=O)Nc3cc(Cl)c(Cl)cc3Cl)o2)cc1. The number of hydrogen-bond donors (Lipinski definition) is 1. The second-order valence-corrected chi connectivity index (χ2v) is 7.09. The van der Waals surface area contributed by atoms with Crippen LogP contribution in [0.1, 0.15) is 19.2 Å². The number of carbonyl (C=O) groups excluding carboxylic acids is 1. The molecule has 0 radical (unpaired) electrons. The lowest BCUT2D eigenvalue weighted by molar-refractivity contribution is -0.116. The number of nitrogens with one attached hydrogen (secondary N) is 1. The highest BCUT2D eigenvalue weighted by Gasteiger charge is 2.12. The maximum atomic E-state index is 12.2. The largest absolute Gasteiger partial charge is 0.494 e. The molecule has 0 unspecified atom stereocenters. The van der Waals surface area contributed by atoms with Gasteiger partial charge in [0.25, 0.3) is 0 Å². The van der Waals surface area contributed by atoms with Crippen molar-refractivity contribution in [1.29, 1.82) is 0 Å². The standard InChI is InChI=1S/C20H17Cl3N2O3/c1-2-27-13-5-3-12(4-6-13)18-11-24-20(28-18)8-7-19(26)25-17-10-15(22)14(21)9-16(17)23/h3-6,9-11H,2,7-8H2,1H3,(H,25,26). The van der Waals surface area contributed by atoms with E-state index in [2.05, 4.69) is 10.3 Å². The van der Waals surface area contributed by atoms with Crippen LogP contribution in [0.3, 0.4) is 0 Å². The summed E-state index contributed by atoms with van der Waals surface area (Å²) in [5, 5.41) is 3.66. The van der Waals surface area contributed by atoms with Crippen molar-refractivity contribution in [3.8, 4) is 17.1 Å². The lowest BCUT2D eigenvalue weighted by Crippen LogP contribution is -2.12. The number of anilines is 1. The molecule has 2 aromatic carbocycles. The average Bonchev–Trinajstić information content (AvgIpc) is 3.14. The Morgan fingerprint density at radius 1 is 1.11 bits per heavy atom. The first kappa shape index (κ1) is 20.5. The van der Waals surface area contributed by atoms with Crippen molar-refractivity contribution in [2.24, 2.45) is 0 Å². The van der Waals surface area contributed by atoms with Crippen LogP contribution < -0.4 is 10.1 Å². The van der Waals surface area contributed by atoms with E-state index < -0.39 is 0 Å². The van der Waals surface area contributed by atoms with Crippen LogP contribution in [-0.2, 0) is 11.2 Å². The lowest BCUT2D eigenvalue weighted by atomic mass is 10.2. The fourth-order valence-corrected chi connectivity index (χ4v) is 3.09. The molecule has 1 N–H and O–H groups in total. The van der Waals surface area contributed by atoms with Crippen molar-refractivity contribution in [3.63, 3.8) is 0 Å². The number of nitrogens with zero attached hydrogens (tertiary/aromatic N) is 1. The summed E-state index contributed by atoms with van der Waals surface area (Å²) in [4.78, 5) is 16.4. The van der Waals surface area contributed by atoms with Gasteiger partial charge in [-0.05, 0) is 43.3 Å². The predicted octanol–water partition coefficient (Wildman–Crippen LogP) is 6.27. The molecule has 0 saturated carbocycles. The zero-order chi connectivity index (χ0) is 20.1. The van der Waals surface area contributed by atoms with Crippen molar-refractivity contribution in [2.45, 2.75) is 19.8 Å². The number of halogens is 3. The van der Waals surface area contributed by atoms with Crippen LogP contribution in [0, 0.1) is 0 Å². The minimum atomic E-state index is -0.235. The van der Waals surface area contributed by atoms with Crippen LogP contribution in [-0.4, -0.2) is 17.5 Å². The fourth-order valence-electron chi connectivity index (χ4n) is 2.49. The van der Waals surface area contributed by atoms with Gasteiger partial charge in [0.1, 0.15) is 5.75 Å². The molecule has 1 aromatic heterocycles. The van der Waals surface area contributed by atoms with Gasteiger partial charge in [-0.3, -0.25) is 4.79 Å². The van der Waals surface area contributed by atoms with Crippen molar-refractivity contribution >= 4 is 46.4 Å². The van der Waals surface area contributed by atoms with E-state index in [1.807, 2.05) is 31.2 Å². The molecule has 28 heavy (non-hydrogen) atoms. The van der Waals surface area contributed by atoms with Gasteiger partial charge in [0, 0.05) is 18.4 Å². The molecular formula is C20H17Cl3N2O3. The van der Waals surface area contributed by atoms with E-state index in [0.29, 0.717) is 45.4 Å². The molecule has 0 saturated heterocycles. The van der Waals surface area contributed by atoms with E-state index in [4.69, 9.17) is 44.0 Å². The molecule has 3 aromatic rings. The molecular weight excluding hydrogens is 423 g/mol. The number of aryl methyl sites for hydroxylation is 1. The molecule has 5 nitrogen and oxygen atoms in total. The summed E-state index contributed by atoms with van der Waals surface area (Å²) in [5.74, 6) is 1.66. The molecule has 0 aliphatic carbocycles. The first-order valence-electron chi connectivity index (χ1n) is 8.58. The zero-order valence-electron chi connectivity index (χ0n) is 15.0. The van der Waals surface area contributed by atoms with Crippen molar-refractivity contribution in [1.82, 2.24) is 4.98 Å². The van der Waals surface area contributed by atoms with Crippen LogP contribution in [0.25, 0.3) is 11.3 Å². The van der Waals surface area contributed by atoms with E-state index in [-0.39, 0.29) is 12.3 Å².